The zero-order chi connectivity index (χ0) is 14.4. The van der Waals surface area contributed by atoms with Crippen LogP contribution < -0.4 is 10.1 Å². The van der Waals surface area contributed by atoms with Crippen LogP contribution in [0.3, 0.4) is 0 Å². The fraction of sp³-hybridized carbons (Fsp3) is 0.600. The van der Waals surface area contributed by atoms with E-state index < -0.39 is 11.9 Å². The van der Waals surface area contributed by atoms with Gasteiger partial charge in [0.2, 0.25) is 0 Å². The summed E-state index contributed by atoms with van der Waals surface area (Å²) in [7, 11) is 0. The topological polar surface area (TPSA) is 41.5 Å². The third kappa shape index (κ3) is 4.65. The molecule has 1 aromatic rings. The fourth-order valence-corrected chi connectivity index (χ4v) is 3.25. The van der Waals surface area contributed by atoms with Crippen molar-refractivity contribution in [1.29, 1.82) is 0 Å². The molecular weight excluding hydrogens is 277 g/mol. The van der Waals surface area contributed by atoms with Gasteiger partial charge in [0, 0.05) is 17.8 Å². The maximum atomic E-state index is 13.3. The van der Waals surface area contributed by atoms with Gasteiger partial charge >= 0.3 is 0 Å². The molecule has 0 spiro atoms. The van der Waals surface area contributed by atoms with E-state index in [2.05, 4.69) is 11.6 Å². The van der Waals surface area contributed by atoms with Crippen molar-refractivity contribution in [2.75, 3.05) is 19.4 Å². The van der Waals surface area contributed by atoms with E-state index in [0.29, 0.717) is 12.6 Å². The second-order valence-electron chi connectivity index (χ2n) is 5.17. The molecule has 112 valence electrons. The summed E-state index contributed by atoms with van der Waals surface area (Å²) >= 11 is 1.91. The average molecular weight is 299 g/mol. The van der Waals surface area contributed by atoms with E-state index >= 15 is 0 Å². The summed E-state index contributed by atoms with van der Waals surface area (Å²) in [5, 5.41) is 14.0. The van der Waals surface area contributed by atoms with E-state index in [4.69, 9.17) is 4.74 Å². The van der Waals surface area contributed by atoms with E-state index in [-0.39, 0.29) is 12.4 Å². The fourth-order valence-electron chi connectivity index (χ4n) is 2.45. The lowest BCUT2D eigenvalue weighted by Gasteiger charge is -2.17. The van der Waals surface area contributed by atoms with Gasteiger partial charge in [0.15, 0.2) is 11.6 Å². The molecule has 3 nitrogen and oxygen atoms in total. The van der Waals surface area contributed by atoms with Gasteiger partial charge in [-0.2, -0.15) is 11.8 Å². The molecule has 0 saturated heterocycles. The molecule has 1 saturated carbocycles. The van der Waals surface area contributed by atoms with E-state index in [1.165, 1.54) is 12.5 Å². The highest BCUT2D eigenvalue weighted by atomic mass is 32.2. The van der Waals surface area contributed by atoms with Crippen LogP contribution >= 0.6 is 11.8 Å². The van der Waals surface area contributed by atoms with Gasteiger partial charge in [-0.25, -0.2) is 4.39 Å². The summed E-state index contributed by atoms with van der Waals surface area (Å²) in [5.74, 6) is -0.207. The van der Waals surface area contributed by atoms with Crippen molar-refractivity contribution in [3.8, 4) is 5.75 Å². The Labute approximate surface area is 123 Å². The lowest BCUT2D eigenvalue weighted by Crippen LogP contribution is -2.37. The molecule has 1 aromatic carbocycles. The summed E-state index contributed by atoms with van der Waals surface area (Å²) in [6, 6.07) is 6.72. The predicted octanol–water partition coefficient (Wildman–Crippen LogP) is 2.44. The van der Waals surface area contributed by atoms with Crippen molar-refractivity contribution in [1.82, 2.24) is 5.32 Å². The Hall–Kier alpha value is -0.780. The van der Waals surface area contributed by atoms with Crippen LogP contribution in [0.15, 0.2) is 24.3 Å². The number of hydrogen-bond donors (Lipinski definition) is 2. The van der Waals surface area contributed by atoms with Crippen LogP contribution in [0.2, 0.25) is 0 Å². The Kier molecular flexibility index (Phi) is 6.13. The van der Waals surface area contributed by atoms with Gasteiger partial charge in [-0.15, -0.1) is 0 Å². The maximum Gasteiger partial charge on any atom is 0.165 e. The van der Waals surface area contributed by atoms with Crippen molar-refractivity contribution >= 4 is 11.8 Å². The summed E-state index contributed by atoms with van der Waals surface area (Å²) < 4.78 is 18.6. The first-order valence-corrected chi connectivity index (χ1v) is 8.29. The molecule has 0 bridgehead atoms. The molecule has 20 heavy (non-hydrogen) atoms. The van der Waals surface area contributed by atoms with Crippen LogP contribution in [-0.4, -0.2) is 41.9 Å². The van der Waals surface area contributed by atoms with Gasteiger partial charge in [0.05, 0.1) is 0 Å². The van der Waals surface area contributed by atoms with E-state index in [1.807, 2.05) is 11.8 Å². The van der Waals surface area contributed by atoms with Gasteiger partial charge < -0.3 is 15.2 Å². The monoisotopic (exact) mass is 299 g/mol. The number of ether oxygens (including phenoxy) is 1. The minimum Gasteiger partial charge on any atom is -0.488 e. The molecule has 0 aliphatic heterocycles. The summed E-state index contributed by atoms with van der Waals surface area (Å²) in [5.41, 5.74) is 0. The molecule has 0 radical (unpaired) electrons. The van der Waals surface area contributed by atoms with Gasteiger partial charge in [-0.3, -0.25) is 0 Å². The molecule has 1 fully saturated rings. The van der Waals surface area contributed by atoms with E-state index in [0.717, 1.165) is 18.1 Å². The Bertz CT molecular complexity index is 419. The zero-order valence-corrected chi connectivity index (χ0v) is 12.5. The summed E-state index contributed by atoms with van der Waals surface area (Å²) in [6.45, 7) is 0.590. The van der Waals surface area contributed by atoms with Crippen LogP contribution in [0.4, 0.5) is 4.39 Å². The molecule has 1 aliphatic rings. The molecule has 0 heterocycles. The number of thioether (sulfide) groups is 1. The number of benzene rings is 1. The molecule has 3 unspecified atom stereocenters. The lowest BCUT2D eigenvalue weighted by molar-refractivity contribution is 0.101. The van der Waals surface area contributed by atoms with Crippen LogP contribution in [0.1, 0.15) is 19.3 Å². The van der Waals surface area contributed by atoms with E-state index in [1.54, 1.807) is 18.2 Å². The Balaban J connectivity index is 1.66. The normalized spacial score (nSPS) is 23.8. The molecule has 2 N–H and O–H groups in total. The minimum atomic E-state index is -0.622. The Morgan fingerprint density at radius 1 is 1.45 bits per heavy atom. The first-order chi connectivity index (χ1) is 9.69. The first-order valence-electron chi connectivity index (χ1n) is 7.00. The van der Waals surface area contributed by atoms with Gasteiger partial charge in [-0.05, 0) is 37.7 Å². The van der Waals surface area contributed by atoms with E-state index in [9.17, 15) is 9.50 Å². The third-order valence-electron chi connectivity index (χ3n) is 3.63. The maximum absolute atomic E-state index is 13.3. The quantitative estimate of drug-likeness (QED) is 0.811. The zero-order valence-electron chi connectivity index (χ0n) is 11.7. The van der Waals surface area contributed by atoms with Crippen LogP contribution in [0, 0.1) is 5.82 Å². The number of hydrogen-bond acceptors (Lipinski definition) is 4. The van der Waals surface area contributed by atoms with Crippen molar-refractivity contribution in [3.63, 3.8) is 0 Å². The average Bonchev–Trinajstić information content (AvgIpc) is 2.92. The largest absolute Gasteiger partial charge is 0.488 e. The van der Waals surface area contributed by atoms with Gasteiger partial charge in [0.25, 0.3) is 0 Å². The molecule has 1 aliphatic carbocycles. The molecule has 0 amide bonds. The number of aliphatic hydroxyl groups excluding tert-OH is 1. The van der Waals surface area contributed by atoms with Crippen LogP contribution in [0.5, 0.6) is 5.75 Å². The first kappa shape index (κ1) is 15.6. The molecule has 3 atom stereocenters. The SMILES string of the molecule is CSC1CCC(NCC(O)COc2ccccc2F)C1. The van der Waals surface area contributed by atoms with Crippen molar-refractivity contribution in [2.24, 2.45) is 0 Å². The van der Waals surface area contributed by atoms with Crippen molar-refractivity contribution in [2.45, 2.75) is 36.7 Å². The Morgan fingerprint density at radius 2 is 2.25 bits per heavy atom. The standard InChI is InChI=1S/C15H22FNO2S/c1-20-13-7-6-11(8-13)17-9-12(18)10-19-15-5-3-2-4-14(15)16/h2-5,11-13,17-18H,6-10H2,1H3. The smallest absolute Gasteiger partial charge is 0.165 e. The Morgan fingerprint density at radius 3 is 2.95 bits per heavy atom. The minimum absolute atomic E-state index is 0.104. The number of halogens is 1. The molecule has 5 heteroatoms. The van der Waals surface area contributed by atoms with Crippen LogP contribution in [0.25, 0.3) is 0 Å². The molecule has 2 rings (SSSR count). The molecule has 0 aromatic heterocycles. The number of rotatable bonds is 7. The van der Waals surface area contributed by atoms with Gasteiger partial charge in [0.1, 0.15) is 12.7 Å². The lowest BCUT2D eigenvalue weighted by atomic mass is 10.2. The summed E-state index contributed by atoms with van der Waals surface area (Å²) in [6.07, 6.45) is 5.07. The molecular formula is C15H22FNO2S. The highest BCUT2D eigenvalue weighted by Crippen LogP contribution is 2.28. The number of para-hydroxylation sites is 1. The summed E-state index contributed by atoms with van der Waals surface area (Å²) in [4.78, 5) is 0. The third-order valence-corrected chi connectivity index (χ3v) is 4.72. The second kappa shape index (κ2) is 7.86. The predicted molar refractivity (Wildman–Crippen MR) is 80.8 cm³/mol. The second-order valence-corrected chi connectivity index (χ2v) is 6.31. The van der Waals surface area contributed by atoms with Gasteiger partial charge in [-0.1, -0.05) is 12.1 Å². The van der Waals surface area contributed by atoms with Crippen molar-refractivity contribution in [3.05, 3.63) is 30.1 Å². The van der Waals surface area contributed by atoms with Crippen LogP contribution in [-0.2, 0) is 0 Å². The highest BCUT2D eigenvalue weighted by molar-refractivity contribution is 7.99. The number of nitrogens with one attached hydrogen (secondary N) is 1. The highest BCUT2D eigenvalue weighted by Gasteiger charge is 2.23. The van der Waals surface area contributed by atoms with Crippen molar-refractivity contribution < 1.29 is 14.2 Å². The number of aliphatic hydroxyl groups is 1.